The maximum atomic E-state index is 13.7. The molecular formula is C22H24BrNO2S. The number of ketones is 1. The van der Waals surface area contributed by atoms with Crippen LogP contribution in [0.2, 0.25) is 0 Å². The van der Waals surface area contributed by atoms with E-state index in [0.29, 0.717) is 17.9 Å². The van der Waals surface area contributed by atoms with E-state index in [1.165, 1.54) is 18.4 Å². The molecule has 2 heterocycles. The van der Waals surface area contributed by atoms with Crippen LogP contribution in [0.15, 0.2) is 45.8 Å². The van der Waals surface area contributed by atoms with Crippen LogP contribution >= 0.6 is 27.7 Å². The fourth-order valence-electron chi connectivity index (χ4n) is 3.82. The average molecular weight is 446 g/mol. The van der Waals surface area contributed by atoms with E-state index in [1.807, 2.05) is 19.1 Å². The number of hydrogen-bond donors (Lipinski definition) is 0. The molecule has 1 saturated heterocycles. The number of hydrogen-bond acceptors (Lipinski definition) is 4. The van der Waals surface area contributed by atoms with Crippen LogP contribution in [0.5, 0.6) is 5.75 Å². The van der Waals surface area contributed by atoms with Gasteiger partial charge in [0.1, 0.15) is 17.1 Å². The standard InChI is InChI=1S/C22H24BrNO2S/c1-15-5-7-17(8-6-15)27-22(13-24-9-3-4-10-24)14-26-20-11-16(2)19(23)12-18(20)21(22)25/h5-8,11-12H,3-4,9-10,13-14H2,1-2H3. The third kappa shape index (κ3) is 3.82. The van der Waals surface area contributed by atoms with Gasteiger partial charge in [0.25, 0.3) is 0 Å². The first-order chi connectivity index (χ1) is 13.0. The van der Waals surface area contributed by atoms with Crippen molar-refractivity contribution in [3.05, 3.63) is 57.6 Å². The van der Waals surface area contributed by atoms with Gasteiger partial charge in [-0.2, -0.15) is 0 Å². The lowest BCUT2D eigenvalue weighted by Crippen LogP contribution is -2.52. The molecule has 0 spiro atoms. The lowest BCUT2D eigenvalue weighted by atomic mass is 9.92. The highest BCUT2D eigenvalue weighted by Crippen LogP contribution is 2.43. The predicted molar refractivity (Wildman–Crippen MR) is 114 cm³/mol. The lowest BCUT2D eigenvalue weighted by Gasteiger charge is -2.38. The number of benzene rings is 2. The summed E-state index contributed by atoms with van der Waals surface area (Å²) in [5, 5.41) is 0. The molecule has 2 aliphatic rings. The van der Waals surface area contributed by atoms with Crippen LogP contribution in [0.25, 0.3) is 0 Å². The van der Waals surface area contributed by atoms with Crippen LogP contribution in [0.1, 0.15) is 34.3 Å². The van der Waals surface area contributed by atoms with E-state index in [9.17, 15) is 4.79 Å². The van der Waals surface area contributed by atoms with Crippen LogP contribution in [-0.4, -0.2) is 41.7 Å². The first-order valence-electron chi connectivity index (χ1n) is 9.43. The van der Waals surface area contributed by atoms with Crippen LogP contribution in [0.4, 0.5) is 0 Å². The molecule has 1 fully saturated rings. The summed E-state index contributed by atoms with van der Waals surface area (Å²) in [6.45, 7) is 7.37. The SMILES string of the molecule is Cc1ccc(SC2(CN3CCCC3)COc3cc(C)c(Br)cc3C2=O)cc1. The highest BCUT2D eigenvalue weighted by Gasteiger charge is 2.47. The Bertz CT molecular complexity index is 861. The molecule has 142 valence electrons. The molecule has 1 unspecified atom stereocenters. The van der Waals surface area contributed by atoms with E-state index < -0.39 is 4.75 Å². The zero-order chi connectivity index (χ0) is 19.0. The quantitative estimate of drug-likeness (QED) is 0.640. The van der Waals surface area contributed by atoms with Crippen molar-refractivity contribution in [3.63, 3.8) is 0 Å². The summed E-state index contributed by atoms with van der Waals surface area (Å²) in [7, 11) is 0. The Morgan fingerprint density at radius 1 is 1.15 bits per heavy atom. The second-order valence-corrected chi connectivity index (χ2v) is 9.92. The molecule has 0 radical (unpaired) electrons. The van der Waals surface area contributed by atoms with Crippen LogP contribution < -0.4 is 4.74 Å². The van der Waals surface area contributed by atoms with Gasteiger partial charge in [-0.1, -0.05) is 33.6 Å². The zero-order valence-electron chi connectivity index (χ0n) is 15.8. The monoisotopic (exact) mass is 445 g/mol. The summed E-state index contributed by atoms with van der Waals surface area (Å²) in [4.78, 5) is 17.2. The molecule has 0 aromatic heterocycles. The van der Waals surface area contributed by atoms with Crippen molar-refractivity contribution in [1.29, 1.82) is 0 Å². The van der Waals surface area contributed by atoms with Crippen molar-refractivity contribution < 1.29 is 9.53 Å². The molecule has 2 aromatic carbocycles. The van der Waals surface area contributed by atoms with E-state index in [-0.39, 0.29) is 5.78 Å². The molecule has 4 rings (SSSR count). The number of rotatable bonds is 4. The second-order valence-electron chi connectivity index (χ2n) is 7.61. The fourth-order valence-corrected chi connectivity index (χ4v) is 5.45. The maximum Gasteiger partial charge on any atom is 0.187 e. The van der Waals surface area contributed by atoms with Crippen molar-refractivity contribution in [2.75, 3.05) is 26.2 Å². The number of Topliss-reactive ketones (excluding diaryl/α,β-unsaturated/α-hetero) is 1. The summed E-state index contributed by atoms with van der Waals surface area (Å²) in [5.41, 5.74) is 3.00. The molecule has 2 aromatic rings. The minimum absolute atomic E-state index is 0.182. The molecule has 0 bridgehead atoms. The lowest BCUT2D eigenvalue weighted by molar-refractivity contribution is 0.0832. The molecule has 0 saturated carbocycles. The van der Waals surface area contributed by atoms with Gasteiger partial charge in [-0.25, -0.2) is 0 Å². The highest BCUT2D eigenvalue weighted by atomic mass is 79.9. The third-order valence-corrected chi connectivity index (χ3v) is 7.58. The molecule has 1 atom stereocenters. The number of halogens is 1. The molecule has 5 heteroatoms. The first-order valence-corrected chi connectivity index (χ1v) is 11.0. The van der Waals surface area contributed by atoms with Crippen LogP contribution in [0, 0.1) is 13.8 Å². The van der Waals surface area contributed by atoms with Crippen molar-refractivity contribution in [2.24, 2.45) is 0 Å². The van der Waals surface area contributed by atoms with Gasteiger partial charge >= 0.3 is 0 Å². The molecule has 2 aliphatic heterocycles. The van der Waals surface area contributed by atoms with Crippen molar-refractivity contribution in [3.8, 4) is 5.75 Å². The van der Waals surface area contributed by atoms with Gasteiger partial charge in [-0.3, -0.25) is 4.79 Å². The first kappa shape index (κ1) is 19.0. The number of carbonyl (C=O) groups excluding carboxylic acids is 1. The summed E-state index contributed by atoms with van der Waals surface area (Å²) in [5.74, 6) is 0.893. The van der Waals surface area contributed by atoms with E-state index >= 15 is 0 Å². The van der Waals surface area contributed by atoms with Crippen molar-refractivity contribution in [1.82, 2.24) is 4.90 Å². The number of nitrogens with zero attached hydrogens (tertiary/aromatic N) is 1. The van der Waals surface area contributed by atoms with Gasteiger partial charge in [0.2, 0.25) is 0 Å². The van der Waals surface area contributed by atoms with Crippen LogP contribution in [-0.2, 0) is 0 Å². The van der Waals surface area contributed by atoms with E-state index in [0.717, 1.165) is 34.6 Å². The average Bonchev–Trinajstić information content (AvgIpc) is 3.15. The van der Waals surface area contributed by atoms with Gasteiger partial charge < -0.3 is 9.64 Å². The molecular weight excluding hydrogens is 422 g/mol. The Morgan fingerprint density at radius 3 is 2.56 bits per heavy atom. The molecule has 0 amide bonds. The predicted octanol–water partition coefficient (Wildman–Crippen LogP) is 5.27. The topological polar surface area (TPSA) is 29.5 Å². The normalized spacial score (nSPS) is 22.6. The molecule has 3 nitrogen and oxygen atoms in total. The number of fused-ring (bicyclic) bond motifs is 1. The third-order valence-electron chi connectivity index (χ3n) is 5.39. The molecule has 0 aliphatic carbocycles. The summed E-state index contributed by atoms with van der Waals surface area (Å²) in [6, 6.07) is 12.3. The largest absolute Gasteiger partial charge is 0.491 e. The second kappa shape index (κ2) is 7.61. The van der Waals surface area contributed by atoms with Crippen molar-refractivity contribution >= 4 is 33.5 Å². The fraction of sp³-hybridized carbons (Fsp3) is 0.409. The van der Waals surface area contributed by atoms with Gasteiger partial charge in [0.05, 0.1) is 5.56 Å². The maximum absolute atomic E-state index is 13.7. The molecule has 0 N–H and O–H groups in total. The van der Waals surface area contributed by atoms with E-state index in [4.69, 9.17) is 4.74 Å². The van der Waals surface area contributed by atoms with E-state index in [1.54, 1.807) is 11.8 Å². The highest BCUT2D eigenvalue weighted by molar-refractivity contribution is 9.10. The van der Waals surface area contributed by atoms with Gasteiger partial charge in [-0.05, 0) is 69.6 Å². The van der Waals surface area contributed by atoms with Gasteiger partial charge in [0.15, 0.2) is 5.78 Å². The number of likely N-dealkylation sites (tertiary alicyclic amines) is 1. The summed E-state index contributed by atoms with van der Waals surface area (Å²) < 4.78 is 6.51. The van der Waals surface area contributed by atoms with Crippen molar-refractivity contribution in [2.45, 2.75) is 36.3 Å². The Hall–Kier alpha value is -1.30. The zero-order valence-corrected chi connectivity index (χ0v) is 18.2. The van der Waals surface area contributed by atoms with Crippen LogP contribution in [0.3, 0.4) is 0 Å². The van der Waals surface area contributed by atoms with E-state index in [2.05, 4.69) is 52.0 Å². The number of aryl methyl sites for hydroxylation is 2. The number of thioether (sulfide) groups is 1. The Balaban J connectivity index is 1.71. The minimum atomic E-state index is -0.610. The smallest absolute Gasteiger partial charge is 0.187 e. The summed E-state index contributed by atoms with van der Waals surface area (Å²) in [6.07, 6.45) is 2.42. The molecule has 27 heavy (non-hydrogen) atoms. The number of ether oxygens (including phenoxy) is 1. The minimum Gasteiger partial charge on any atom is -0.491 e. The number of carbonyl (C=O) groups is 1. The Kier molecular flexibility index (Phi) is 5.36. The summed E-state index contributed by atoms with van der Waals surface area (Å²) >= 11 is 5.24. The Morgan fingerprint density at radius 2 is 1.85 bits per heavy atom. The van der Waals surface area contributed by atoms with Gasteiger partial charge in [-0.15, -0.1) is 11.8 Å². The Labute approximate surface area is 173 Å². The van der Waals surface area contributed by atoms with Gasteiger partial charge in [0, 0.05) is 15.9 Å².